The van der Waals surface area contributed by atoms with Gasteiger partial charge in [0.2, 0.25) is 0 Å². The number of allylic oxidation sites excluding steroid dienone is 8. The quantitative estimate of drug-likeness (QED) is 0.0546. The van der Waals surface area contributed by atoms with E-state index in [1.807, 2.05) is 0 Å². The molecule has 0 saturated heterocycles. The van der Waals surface area contributed by atoms with Gasteiger partial charge in [-0.1, -0.05) is 146 Å². The number of unbranched alkanes of at least 4 members (excludes halogenated alkanes) is 18. The van der Waals surface area contributed by atoms with Gasteiger partial charge in [0, 0.05) is 13.2 Å². The van der Waals surface area contributed by atoms with Crippen molar-refractivity contribution in [1.29, 1.82) is 0 Å². The van der Waals surface area contributed by atoms with Crippen molar-refractivity contribution in [3.8, 4) is 0 Å². The second kappa shape index (κ2) is 34.2. The van der Waals surface area contributed by atoms with Crippen LogP contribution in [0.2, 0.25) is 0 Å². The van der Waals surface area contributed by atoms with E-state index >= 15 is 0 Å². The first-order chi connectivity index (χ1) is 22.3. The lowest BCUT2D eigenvalue weighted by atomic mass is 9.86. The van der Waals surface area contributed by atoms with E-state index in [0.717, 1.165) is 32.0 Å². The summed E-state index contributed by atoms with van der Waals surface area (Å²) in [5, 5.41) is 0. The van der Waals surface area contributed by atoms with E-state index in [2.05, 4.69) is 69.4 Å². The summed E-state index contributed by atoms with van der Waals surface area (Å²) in [6.07, 6.45) is 54.2. The number of hydrogen-bond acceptors (Lipinski definition) is 2. The molecule has 3 atom stereocenters. The SMILES string of the molecule is CCCCC/C=C\C/C=C\CCCCCCCCO[C@H]1C[C@H](C)CC[C@H]1OCCCCCCCC/C=C\C/C=C\CCCCC. The molecule has 1 aliphatic rings. The topological polar surface area (TPSA) is 18.5 Å². The zero-order valence-corrected chi connectivity index (χ0v) is 30.7. The van der Waals surface area contributed by atoms with Crippen LogP contribution in [0.1, 0.15) is 194 Å². The van der Waals surface area contributed by atoms with E-state index in [0.29, 0.717) is 12.2 Å². The first kappa shape index (κ1) is 41.9. The third-order valence-electron chi connectivity index (χ3n) is 9.35. The molecule has 262 valence electrons. The highest BCUT2D eigenvalue weighted by Gasteiger charge is 2.29. The molecule has 0 heterocycles. The number of hydrogen-bond donors (Lipinski definition) is 0. The maximum Gasteiger partial charge on any atom is 0.0839 e. The van der Waals surface area contributed by atoms with Gasteiger partial charge in [-0.15, -0.1) is 0 Å². The van der Waals surface area contributed by atoms with Gasteiger partial charge < -0.3 is 9.47 Å². The van der Waals surface area contributed by atoms with Gasteiger partial charge in [-0.2, -0.15) is 0 Å². The van der Waals surface area contributed by atoms with E-state index in [1.165, 1.54) is 161 Å². The normalized spacial score (nSPS) is 19.3. The van der Waals surface area contributed by atoms with Crippen LogP contribution in [0.5, 0.6) is 0 Å². The molecule has 0 aromatic rings. The fourth-order valence-corrected chi connectivity index (χ4v) is 6.32. The van der Waals surface area contributed by atoms with Crippen molar-refractivity contribution >= 4 is 0 Å². The highest BCUT2D eigenvalue weighted by atomic mass is 16.5. The van der Waals surface area contributed by atoms with Crippen LogP contribution >= 0.6 is 0 Å². The maximum absolute atomic E-state index is 6.42. The highest BCUT2D eigenvalue weighted by molar-refractivity contribution is 4.93. The number of ether oxygens (including phenoxy) is 2. The van der Waals surface area contributed by atoms with Gasteiger partial charge in [0.05, 0.1) is 12.2 Å². The Balaban J connectivity index is 1.95. The monoisotopic (exact) mass is 627 g/mol. The molecule has 2 nitrogen and oxygen atoms in total. The van der Waals surface area contributed by atoms with Crippen molar-refractivity contribution in [2.24, 2.45) is 5.92 Å². The van der Waals surface area contributed by atoms with Crippen LogP contribution in [-0.2, 0) is 9.47 Å². The third kappa shape index (κ3) is 28.8. The van der Waals surface area contributed by atoms with Crippen molar-refractivity contribution in [3.05, 3.63) is 48.6 Å². The van der Waals surface area contributed by atoms with Gasteiger partial charge in [-0.25, -0.2) is 0 Å². The van der Waals surface area contributed by atoms with E-state index in [9.17, 15) is 0 Å². The van der Waals surface area contributed by atoms with Gasteiger partial charge in [0.25, 0.3) is 0 Å². The average Bonchev–Trinajstić information content (AvgIpc) is 3.04. The average molecular weight is 627 g/mol. The van der Waals surface area contributed by atoms with Crippen molar-refractivity contribution in [2.75, 3.05) is 13.2 Å². The molecular formula is C43H78O2. The zero-order valence-electron chi connectivity index (χ0n) is 30.7. The summed E-state index contributed by atoms with van der Waals surface area (Å²) in [5.41, 5.74) is 0. The summed E-state index contributed by atoms with van der Waals surface area (Å²) in [7, 11) is 0. The van der Waals surface area contributed by atoms with Crippen molar-refractivity contribution in [3.63, 3.8) is 0 Å². The Labute approximate surface area is 283 Å². The molecule has 1 aliphatic carbocycles. The molecule has 2 heteroatoms. The molecule has 0 spiro atoms. The fraction of sp³-hybridized carbons (Fsp3) is 0.814. The Morgan fingerprint density at radius 2 is 0.800 bits per heavy atom. The van der Waals surface area contributed by atoms with E-state index < -0.39 is 0 Å². The van der Waals surface area contributed by atoms with Gasteiger partial charge in [-0.3, -0.25) is 0 Å². The third-order valence-corrected chi connectivity index (χ3v) is 9.35. The first-order valence-corrected chi connectivity index (χ1v) is 20.1. The molecule has 1 saturated carbocycles. The Morgan fingerprint density at radius 1 is 0.422 bits per heavy atom. The fourth-order valence-electron chi connectivity index (χ4n) is 6.32. The van der Waals surface area contributed by atoms with Crippen molar-refractivity contribution in [2.45, 2.75) is 206 Å². The largest absolute Gasteiger partial charge is 0.376 e. The Bertz CT molecular complexity index is 705. The molecule has 1 fully saturated rings. The van der Waals surface area contributed by atoms with Crippen molar-refractivity contribution < 1.29 is 9.47 Å². The molecule has 0 unspecified atom stereocenters. The molecule has 0 amide bonds. The molecule has 0 aromatic heterocycles. The van der Waals surface area contributed by atoms with Crippen LogP contribution in [0.25, 0.3) is 0 Å². The van der Waals surface area contributed by atoms with Crippen LogP contribution in [-0.4, -0.2) is 25.4 Å². The summed E-state index contributed by atoms with van der Waals surface area (Å²) >= 11 is 0. The van der Waals surface area contributed by atoms with Crippen LogP contribution in [0.3, 0.4) is 0 Å². The summed E-state index contributed by atoms with van der Waals surface area (Å²) in [6.45, 7) is 8.75. The lowest BCUT2D eigenvalue weighted by molar-refractivity contribution is -0.102. The summed E-state index contributed by atoms with van der Waals surface area (Å²) < 4.78 is 12.8. The minimum atomic E-state index is 0.316. The van der Waals surface area contributed by atoms with E-state index in [4.69, 9.17) is 9.47 Å². The predicted octanol–water partition coefficient (Wildman–Crippen LogP) is 14.2. The van der Waals surface area contributed by atoms with Crippen LogP contribution in [0, 0.1) is 5.92 Å². The van der Waals surface area contributed by atoms with E-state index in [1.54, 1.807) is 0 Å². The standard InChI is InChI=1S/C43H78O2/c1-4-6-8-10-12-14-16-18-20-22-24-26-28-30-32-34-38-44-42-37-36-41(3)40-43(42)45-39-35-33-31-29-27-25-23-21-19-17-15-13-11-9-7-5-2/h12-15,18-21,41-43H,4-11,16-17,22-40H2,1-3H3/b14-12-,15-13-,20-18-,21-19-/t41-,42-,43+/m1/s1. The van der Waals surface area contributed by atoms with Gasteiger partial charge >= 0.3 is 0 Å². The van der Waals surface area contributed by atoms with Crippen LogP contribution < -0.4 is 0 Å². The maximum atomic E-state index is 6.42. The zero-order chi connectivity index (χ0) is 32.3. The lowest BCUT2D eigenvalue weighted by Gasteiger charge is -2.34. The lowest BCUT2D eigenvalue weighted by Crippen LogP contribution is -2.37. The molecule has 0 bridgehead atoms. The molecule has 0 aromatic carbocycles. The Hall–Kier alpha value is -1.12. The molecule has 0 aliphatic heterocycles. The Kier molecular flexibility index (Phi) is 31.9. The second-order valence-corrected chi connectivity index (χ2v) is 13.9. The van der Waals surface area contributed by atoms with Crippen molar-refractivity contribution in [1.82, 2.24) is 0 Å². The summed E-state index contributed by atoms with van der Waals surface area (Å²) in [6, 6.07) is 0. The minimum Gasteiger partial charge on any atom is -0.376 e. The van der Waals surface area contributed by atoms with Crippen LogP contribution in [0.4, 0.5) is 0 Å². The van der Waals surface area contributed by atoms with Gasteiger partial charge in [-0.05, 0) is 102 Å². The number of rotatable bonds is 32. The summed E-state index contributed by atoms with van der Waals surface area (Å²) in [4.78, 5) is 0. The van der Waals surface area contributed by atoms with Crippen LogP contribution in [0.15, 0.2) is 48.6 Å². The second-order valence-electron chi connectivity index (χ2n) is 13.9. The first-order valence-electron chi connectivity index (χ1n) is 20.1. The van der Waals surface area contributed by atoms with Gasteiger partial charge in [0.15, 0.2) is 0 Å². The van der Waals surface area contributed by atoms with Gasteiger partial charge in [0.1, 0.15) is 0 Å². The molecular weight excluding hydrogens is 548 g/mol. The molecule has 0 N–H and O–H groups in total. The summed E-state index contributed by atoms with van der Waals surface area (Å²) in [5.74, 6) is 0.771. The predicted molar refractivity (Wildman–Crippen MR) is 201 cm³/mol. The highest BCUT2D eigenvalue weighted by Crippen LogP contribution is 2.29. The minimum absolute atomic E-state index is 0.316. The molecule has 45 heavy (non-hydrogen) atoms. The Morgan fingerprint density at radius 3 is 1.24 bits per heavy atom. The molecule has 0 radical (unpaired) electrons. The smallest absolute Gasteiger partial charge is 0.0839 e. The van der Waals surface area contributed by atoms with E-state index in [-0.39, 0.29) is 0 Å². The molecule has 1 rings (SSSR count).